The maximum atomic E-state index is 12.4. The molecule has 1 aliphatic carbocycles. The topological polar surface area (TPSA) is 217 Å². The Hall–Kier alpha value is -2.61. The normalized spacial score (nSPS) is 36.3. The van der Waals surface area contributed by atoms with E-state index in [4.69, 9.17) is 28.4 Å². The number of carboxylic acid groups (broad SMARTS) is 1. The summed E-state index contributed by atoms with van der Waals surface area (Å²) in [5.41, 5.74) is 2.12. The van der Waals surface area contributed by atoms with Crippen LogP contribution in [-0.2, 0) is 46.3 Å². The van der Waals surface area contributed by atoms with E-state index in [-0.39, 0.29) is 25.4 Å². The highest BCUT2D eigenvalue weighted by Gasteiger charge is 2.51. The lowest BCUT2D eigenvalue weighted by Gasteiger charge is -2.47. The zero-order valence-electron chi connectivity index (χ0n) is 31.9. The minimum atomic E-state index is -1.68. The van der Waals surface area contributed by atoms with Crippen molar-refractivity contribution in [2.75, 3.05) is 19.8 Å². The molecule has 14 atom stereocenters. The van der Waals surface area contributed by atoms with Crippen molar-refractivity contribution in [1.82, 2.24) is 4.90 Å². The summed E-state index contributed by atoms with van der Waals surface area (Å²) < 4.78 is 37.0. The minimum Gasteiger partial charge on any atom is -0.479 e. The number of carboxylic acids is 1. The van der Waals surface area contributed by atoms with Crippen LogP contribution in [0.4, 0.5) is 0 Å². The van der Waals surface area contributed by atoms with E-state index >= 15 is 0 Å². The molecule has 0 amide bonds. The van der Waals surface area contributed by atoms with Gasteiger partial charge in [-0.3, -0.25) is 4.90 Å². The van der Waals surface area contributed by atoms with Crippen molar-refractivity contribution in [1.29, 1.82) is 0 Å². The Bertz CT molecular complexity index is 1430. The summed E-state index contributed by atoms with van der Waals surface area (Å²) in [6, 6.07) is 19.8. The number of aliphatic hydroxyl groups is 6. The third kappa shape index (κ3) is 10.9. The van der Waals surface area contributed by atoms with E-state index in [1.807, 2.05) is 60.7 Å². The molecule has 7 N–H and O–H groups in total. The van der Waals surface area contributed by atoms with E-state index < -0.39 is 98.4 Å². The number of hydrogen-bond donors (Lipinski definition) is 7. The first-order valence-electron chi connectivity index (χ1n) is 20.0. The number of nitrogens with zero attached hydrogens (tertiary/aromatic N) is 1. The lowest BCUT2D eigenvalue weighted by atomic mass is 9.85. The molecule has 15 heteroatoms. The van der Waals surface area contributed by atoms with Crippen LogP contribution in [-0.4, -0.2) is 152 Å². The standard InChI is InChI=1S/C41H59NO14/c1-24-32(44)34(46)35(47)40(52-24)56-37-28(17-18-51-30(37)22-42(20-26-13-7-3-8-14-26)21-27-15-9-4-10-16-27)54-41-36(48)38(33(45)31(23-43)55-41)53-29(39(49)50)19-25-11-5-2-6-12-25/h3-4,7-10,13-16,24-25,28-38,40-41,43-48H,2,5-6,11-12,17-23H2,1H3,(H,49,50)/t24-,28+,29-,30+,31+,32+,33-,34+,35-,36+,37-,38-,40-,41+/m0/s1. The van der Waals surface area contributed by atoms with Gasteiger partial charge in [0.05, 0.1) is 24.9 Å². The first kappa shape index (κ1) is 43.0. The van der Waals surface area contributed by atoms with Gasteiger partial charge < -0.3 is 64.2 Å². The molecule has 0 aromatic heterocycles. The first-order chi connectivity index (χ1) is 27.0. The molecule has 15 nitrogen and oxygen atoms in total. The first-order valence-corrected chi connectivity index (χ1v) is 20.0. The van der Waals surface area contributed by atoms with Crippen LogP contribution in [0.25, 0.3) is 0 Å². The van der Waals surface area contributed by atoms with Gasteiger partial charge in [-0.25, -0.2) is 4.79 Å². The van der Waals surface area contributed by atoms with Gasteiger partial charge >= 0.3 is 5.97 Å². The Morgan fingerprint density at radius 3 is 1.98 bits per heavy atom. The molecule has 2 aromatic rings. The van der Waals surface area contributed by atoms with Crippen LogP contribution in [0.5, 0.6) is 0 Å². The van der Waals surface area contributed by atoms with E-state index in [0.29, 0.717) is 19.6 Å². The summed E-state index contributed by atoms with van der Waals surface area (Å²) in [7, 11) is 0. The van der Waals surface area contributed by atoms with E-state index in [0.717, 1.165) is 43.2 Å². The van der Waals surface area contributed by atoms with Crippen molar-refractivity contribution in [3.63, 3.8) is 0 Å². The second kappa shape index (κ2) is 20.4. The van der Waals surface area contributed by atoms with Crippen LogP contribution >= 0.6 is 0 Å². The Morgan fingerprint density at radius 1 is 0.750 bits per heavy atom. The molecular formula is C41H59NO14. The molecule has 0 unspecified atom stereocenters. The van der Waals surface area contributed by atoms with Gasteiger partial charge in [0, 0.05) is 26.2 Å². The molecule has 3 saturated heterocycles. The van der Waals surface area contributed by atoms with Gasteiger partial charge in [0.25, 0.3) is 0 Å². The number of ether oxygens (including phenoxy) is 6. The van der Waals surface area contributed by atoms with Crippen molar-refractivity contribution < 1.29 is 69.0 Å². The summed E-state index contributed by atoms with van der Waals surface area (Å²) in [6.45, 7) is 2.47. The molecule has 0 spiro atoms. The van der Waals surface area contributed by atoms with Gasteiger partial charge in [-0.05, 0) is 36.8 Å². The van der Waals surface area contributed by atoms with Crippen molar-refractivity contribution in [3.8, 4) is 0 Å². The maximum absolute atomic E-state index is 12.4. The lowest BCUT2D eigenvalue weighted by Crippen LogP contribution is -2.64. The molecule has 3 aliphatic heterocycles. The van der Waals surface area contributed by atoms with Gasteiger partial charge in [0.15, 0.2) is 18.7 Å². The fraction of sp³-hybridized carbons (Fsp3) is 0.683. The van der Waals surface area contributed by atoms with Gasteiger partial charge in [0.1, 0.15) is 48.8 Å². The number of rotatable bonds is 16. The average molecular weight is 790 g/mol. The van der Waals surface area contributed by atoms with Crippen LogP contribution in [0.15, 0.2) is 60.7 Å². The van der Waals surface area contributed by atoms with Gasteiger partial charge in [-0.15, -0.1) is 0 Å². The fourth-order valence-corrected chi connectivity index (χ4v) is 8.34. The predicted molar refractivity (Wildman–Crippen MR) is 199 cm³/mol. The molecule has 0 bridgehead atoms. The van der Waals surface area contributed by atoms with E-state index in [1.165, 1.54) is 0 Å². The third-order valence-electron chi connectivity index (χ3n) is 11.5. The monoisotopic (exact) mass is 789 g/mol. The van der Waals surface area contributed by atoms with Gasteiger partial charge in [-0.1, -0.05) is 92.8 Å². The molecule has 312 valence electrons. The summed E-state index contributed by atoms with van der Waals surface area (Å²) in [6.07, 6.45) is -13.1. The van der Waals surface area contributed by atoms with Crippen LogP contribution in [0.2, 0.25) is 0 Å². The van der Waals surface area contributed by atoms with Crippen molar-refractivity contribution in [2.45, 2.75) is 151 Å². The van der Waals surface area contributed by atoms with Crippen molar-refractivity contribution >= 4 is 5.97 Å². The van der Waals surface area contributed by atoms with Crippen LogP contribution in [0.3, 0.4) is 0 Å². The zero-order valence-corrected chi connectivity index (χ0v) is 31.9. The molecular weight excluding hydrogens is 730 g/mol. The molecule has 56 heavy (non-hydrogen) atoms. The Kier molecular flexibility index (Phi) is 15.6. The number of aliphatic hydroxyl groups excluding tert-OH is 6. The molecule has 4 aliphatic rings. The third-order valence-corrected chi connectivity index (χ3v) is 11.5. The number of carbonyl (C=O) groups is 1. The smallest absolute Gasteiger partial charge is 0.332 e. The second-order valence-corrected chi connectivity index (χ2v) is 15.7. The largest absolute Gasteiger partial charge is 0.479 e. The van der Waals surface area contributed by atoms with Crippen LogP contribution < -0.4 is 0 Å². The SMILES string of the molecule is C[C@@H]1O[C@@H](O[C@@H]2[C@@H](CN(Cc3ccccc3)Cc3ccccc3)OCC[C@H]2O[C@@H]2O[C@H](CO)[C@H](O)[C@H](O[C@@H](CC3CCCCC3)C(=O)O)[C@H]2O)[C@@H](O)[C@H](O)[C@@H]1O. The van der Waals surface area contributed by atoms with Crippen molar-refractivity contribution in [3.05, 3.63) is 71.8 Å². The molecule has 1 saturated carbocycles. The summed E-state index contributed by atoms with van der Waals surface area (Å²) in [4.78, 5) is 14.6. The minimum absolute atomic E-state index is 0.125. The number of hydrogen-bond acceptors (Lipinski definition) is 14. The van der Waals surface area contributed by atoms with Gasteiger partial charge in [0.2, 0.25) is 0 Å². The fourth-order valence-electron chi connectivity index (χ4n) is 8.34. The molecule has 0 radical (unpaired) electrons. The van der Waals surface area contributed by atoms with E-state index in [2.05, 4.69) is 4.90 Å². The average Bonchev–Trinajstić information content (AvgIpc) is 3.20. The second-order valence-electron chi connectivity index (χ2n) is 15.7. The molecule has 4 fully saturated rings. The Balaban J connectivity index is 1.25. The Morgan fingerprint density at radius 2 is 1.38 bits per heavy atom. The number of aliphatic carboxylic acids is 1. The van der Waals surface area contributed by atoms with Gasteiger partial charge in [-0.2, -0.15) is 0 Å². The summed E-state index contributed by atoms with van der Waals surface area (Å²) in [5.74, 6) is -1.09. The lowest BCUT2D eigenvalue weighted by molar-refractivity contribution is -0.356. The summed E-state index contributed by atoms with van der Waals surface area (Å²) in [5, 5.41) is 75.2. The van der Waals surface area contributed by atoms with Crippen LogP contribution in [0.1, 0.15) is 63.0 Å². The highest BCUT2D eigenvalue weighted by atomic mass is 16.7. The maximum Gasteiger partial charge on any atom is 0.332 e. The van der Waals surface area contributed by atoms with E-state index in [9.17, 15) is 40.5 Å². The zero-order chi connectivity index (χ0) is 39.8. The van der Waals surface area contributed by atoms with Crippen LogP contribution in [0, 0.1) is 5.92 Å². The molecule has 6 rings (SSSR count). The predicted octanol–water partition coefficient (Wildman–Crippen LogP) is 1.32. The summed E-state index contributed by atoms with van der Waals surface area (Å²) >= 11 is 0. The van der Waals surface area contributed by atoms with Crippen molar-refractivity contribution in [2.24, 2.45) is 5.92 Å². The molecule has 2 aromatic carbocycles. The number of benzene rings is 2. The molecule has 3 heterocycles. The highest BCUT2D eigenvalue weighted by Crippen LogP contribution is 2.34. The quantitative estimate of drug-likeness (QED) is 0.128. The van der Waals surface area contributed by atoms with E-state index in [1.54, 1.807) is 6.92 Å². The Labute approximate surface area is 327 Å². The highest BCUT2D eigenvalue weighted by molar-refractivity contribution is 5.72.